The second-order valence-electron chi connectivity index (χ2n) is 8.60. The third-order valence-electron chi connectivity index (χ3n) is 4.78. The molecule has 0 aliphatic rings. The van der Waals surface area contributed by atoms with Crippen LogP contribution in [-0.4, -0.2) is 36.4 Å². The summed E-state index contributed by atoms with van der Waals surface area (Å²) >= 11 is 3.50. The van der Waals surface area contributed by atoms with Gasteiger partial charge in [-0.05, 0) is 54.7 Å². The van der Waals surface area contributed by atoms with Gasteiger partial charge in [0.25, 0.3) is 11.8 Å². The molecule has 2 aromatic carbocycles. The van der Waals surface area contributed by atoms with Gasteiger partial charge in [-0.15, -0.1) is 0 Å². The fourth-order valence-corrected chi connectivity index (χ4v) is 3.68. The van der Waals surface area contributed by atoms with Crippen LogP contribution in [0.3, 0.4) is 0 Å². The summed E-state index contributed by atoms with van der Waals surface area (Å²) in [6, 6.07) is 12.8. The van der Waals surface area contributed by atoms with Crippen LogP contribution in [0.15, 0.2) is 46.9 Å². The molecule has 0 unspecified atom stereocenters. The third kappa shape index (κ3) is 7.39. The third-order valence-corrected chi connectivity index (χ3v) is 5.27. The normalized spacial score (nSPS) is 11.2. The summed E-state index contributed by atoms with van der Waals surface area (Å²) in [5, 5.41) is 2.84. The number of ether oxygens (including phenoxy) is 1. The molecular weight excluding hydrogens is 456 g/mol. The van der Waals surface area contributed by atoms with E-state index < -0.39 is 0 Å². The number of amides is 2. The van der Waals surface area contributed by atoms with E-state index in [-0.39, 0.29) is 23.8 Å². The molecule has 0 saturated heterocycles. The molecule has 0 aliphatic carbocycles. The molecular formula is C25H33BrN2O3. The number of carbonyl (C=O) groups is 2. The fraction of sp³-hybridized carbons (Fsp3) is 0.440. The van der Waals surface area contributed by atoms with Crippen LogP contribution in [0.25, 0.3) is 0 Å². The van der Waals surface area contributed by atoms with Crippen LogP contribution in [0.2, 0.25) is 0 Å². The molecule has 2 aromatic rings. The summed E-state index contributed by atoms with van der Waals surface area (Å²) < 4.78 is 6.79. The fourth-order valence-electron chi connectivity index (χ4n) is 3.32. The Bertz CT molecular complexity index is 900. The predicted octanol–water partition coefficient (Wildman–Crippen LogP) is 6.03. The van der Waals surface area contributed by atoms with E-state index in [1.807, 2.05) is 23.1 Å². The number of hydrogen-bond acceptors (Lipinski definition) is 3. The number of nitrogens with one attached hydrogen (secondary N) is 1. The Morgan fingerprint density at radius 3 is 2.32 bits per heavy atom. The van der Waals surface area contributed by atoms with Crippen molar-refractivity contribution in [2.24, 2.45) is 0 Å². The molecule has 0 spiro atoms. The van der Waals surface area contributed by atoms with Crippen LogP contribution in [0.4, 0.5) is 5.69 Å². The van der Waals surface area contributed by atoms with Crippen molar-refractivity contribution in [1.82, 2.24) is 4.90 Å². The number of carbonyl (C=O) groups excluding carboxylic acids is 2. The van der Waals surface area contributed by atoms with Crippen molar-refractivity contribution in [3.05, 3.63) is 58.1 Å². The number of benzene rings is 2. The Morgan fingerprint density at radius 2 is 1.71 bits per heavy atom. The highest BCUT2D eigenvalue weighted by atomic mass is 79.9. The number of halogens is 1. The van der Waals surface area contributed by atoms with E-state index in [1.165, 1.54) is 0 Å². The summed E-state index contributed by atoms with van der Waals surface area (Å²) in [5.74, 6) is 0.400. The van der Waals surface area contributed by atoms with Crippen molar-refractivity contribution in [2.75, 3.05) is 25.0 Å². The lowest BCUT2D eigenvalue weighted by molar-refractivity contribution is -0.118. The first-order chi connectivity index (χ1) is 14.7. The molecule has 168 valence electrons. The summed E-state index contributed by atoms with van der Waals surface area (Å²) in [4.78, 5) is 27.2. The molecule has 0 fully saturated rings. The minimum Gasteiger partial charge on any atom is -0.483 e. The van der Waals surface area contributed by atoms with Crippen molar-refractivity contribution < 1.29 is 14.3 Å². The summed E-state index contributed by atoms with van der Waals surface area (Å²) in [5.41, 5.74) is 2.06. The van der Waals surface area contributed by atoms with Crippen LogP contribution in [-0.2, 0) is 10.2 Å². The number of anilines is 1. The average molecular weight is 489 g/mol. The van der Waals surface area contributed by atoms with E-state index in [0.717, 1.165) is 36.0 Å². The van der Waals surface area contributed by atoms with Crippen LogP contribution < -0.4 is 10.1 Å². The van der Waals surface area contributed by atoms with Gasteiger partial charge in [-0.25, -0.2) is 0 Å². The average Bonchev–Trinajstić information content (AvgIpc) is 2.71. The van der Waals surface area contributed by atoms with E-state index >= 15 is 0 Å². The zero-order chi connectivity index (χ0) is 23.0. The van der Waals surface area contributed by atoms with Crippen molar-refractivity contribution in [3.63, 3.8) is 0 Å². The van der Waals surface area contributed by atoms with E-state index in [0.29, 0.717) is 17.0 Å². The zero-order valence-corrected chi connectivity index (χ0v) is 20.7. The molecule has 1 N–H and O–H groups in total. The maximum absolute atomic E-state index is 12.8. The topological polar surface area (TPSA) is 58.6 Å². The maximum atomic E-state index is 12.8. The summed E-state index contributed by atoms with van der Waals surface area (Å²) in [6.45, 7) is 11.8. The van der Waals surface area contributed by atoms with Crippen LogP contribution in [0.5, 0.6) is 5.75 Å². The quantitative estimate of drug-likeness (QED) is 0.468. The molecule has 31 heavy (non-hydrogen) atoms. The highest BCUT2D eigenvalue weighted by Crippen LogP contribution is 2.33. The smallest absolute Gasteiger partial charge is 0.262 e. The van der Waals surface area contributed by atoms with E-state index in [9.17, 15) is 9.59 Å². The standard InChI is InChI=1S/C25H33BrN2O3/c1-6-13-28(14-7-2)24(30)18-9-8-10-20(15-18)27-23(29)17-31-22-12-11-19(26)16-21(22)25(3,4)5/h8-12,15-16H,6-7,13-14,17H2,1-5H3,(H,27,29). The van der Waals surface area contributed by atoms with Crippen molar-refractivity contribution in [1.29, 1.82) is 0 Å². The van der Waals surface area contributed by atoms with Gasteiger partial charge in [0, 0.05) is 34.4 Å². The van der Waals surface area contributed by atoms with Gasteiger partial charge in [0.2, 0.25) is 0 Å². The molecule has 2 amide bonds. The van der Waals surface area contributed by atoms with E-state index in [4.69, 9.17) is 4.74 Å². The molecule has 0 saturated carbocycles. The Kier molecular flexibility index (Phi) is 9.11. The molecule has 0 atom stereocenters. The first kappa shape index (κ1) is 24.9. The SMILES string of the molecule is CCCN(CCC)C(=O)c1cccc(NC(=O)COc2ccc(Br)cc2C(C)(C)C)c1. The minimum atomic E-state index is -0.272. The highest BCUT2D eigenvalue weighted by Gasteiger charge is 2.20. The van der Waals surface area contributed by atoms with Gasteiger partial charge in [-0.1, -0.05) is 56.6 Å². The number of nitrogens with zero attached hydrogens (tertiary/aromatic N) is 1. The monoisotopic (exact) mass is 488 g/mol. The molecule has 0 aromatic heterocycles. The van der Waals surface area contributed by atoms with Crippen molar-refractivity contribution in [2.45, 2.75) is 52.9 Å². The molecule has 6 heteroatoms. The largest absolute Gasteiger partial charge is 0.483 e. The van der Waals surface area contributed by atoms with Gasteiger partial charge in [-0.2, -0.15) is 0 Å². The Morgan fingerprint density at radius 1 is 1.03 bits per heavy atom. The van der Waals surface area contributed by atoms with Crippen molar-refractivity contribution >= 4 is 33.4 Å². The first-order valence-corrected chi connectivity index (χ1v) is 11.6. The highest BCUT2D eigenvalue weighted by molar-refractivity contribution is 9.10. The molecule has 0 radical (unpaired) electrons. The Labute approximate surface area is 194 Å². The molecule has 2 rings (SSSR count). The zero-order valence-electron chi connectivity index (χ0n) is 19.1. The van der Waals surface area contributed by atoms with Gasteiger partial charge < -0.3 is 15.0 Å². The van der Waals surface area contributed by atoms with Crippen LogP contribution >= 0.6 is 15.9 Å². The minimum absolute atomic E-state index is 0.0132. The first-order valence-electron chi connectivity index (χ1n) is 10.8. The second kappa shape index (κ2) is 11.3. The lowest BCUT2D eigenvalue weighted by Gasteiger charge is -2.23. The van der Waals surface area contributed by atoms with Gasteiger partial charge in [0.05, 0.1) is 0 Å². The predicted molar refractivity (Wildman–Crippen MR) is 130 cm³/mol. The van der Waals surface area contributed by atoms with Gasteiger partial charge in [0.1, 0.15) is 5.75 Å². The molecule has 0 bridgehead atoms. The van der Waals surface area contributed by atoms with Crippen LogP contribution in [0, 0.1) is 0 Å². The van der Waals surface area contributed by atoms with Crippen LogP contribution in [0.1, 0.15) is 63.4 Å². The number of rotatable bonds is 9. The summed E-state index contributed by atoms with van der Waals surface area (Å²) in [7, 11) is 0. The lowest BCUT2D eigenvalue weighted by Crippen LogP contribution is -2.32. The Balaban J connectivity index is 2.06. The summed E-state index contributed by atoms with van der Waals surface area (Å²) in [6.07, 6.45) is 1.82. The van der Waals surface area contributed by atoms with Gasteiger partial charge >= 0.3 is 0 Å². The Hall–Kier alpha value is -2.34. The second-order valence-corrected chi connectivity index (χ2v) is 9.52. The lowest BCUT2D eigenvalue weighted by atomic mass is 9.86. The van der Waals surface area contributed by atoms with Crippen molar-refractivity contribution in [3.8, 4) is 5.75 Å². The molecule has 5 nitrogen and oxygen atoms in total. The molecule has 0 heterocycles. The maximum Gasteiger partial charge on any atom is 0.262 e. The van der Waals surface area contributed by atoms with E-state index in [2.05, 4.69) is 55.9 Å². The van der Waals surface area contributed by atoms with Gasteiger partial charge in [0.15, 0.2) is 6.61 Å². The molecule has 0 aliphatic heterocycles. The van der Waals surface area contributed by atoms with E-state index in [1.54, 1.807) is 24.3 Å². The van der Waals surface area contributed by atoms with Gasteiger partial charge in [-0.3, -0.25) is 9.59 Å². The number of hydrogen-bond donors (Lipinski definition) is 1.